The Kier molecular flexibility index (Phi) is 11.1. The van der Waals surface area contributed by atoms with Crippen molar-refractivity contribution in [2.24, 2.45) is 5.41 Å². The molecule has 0 aromatic rings. The highest BCUT2D eigenvalue weighted by Crippen LogP contribution is 2.48. The lowest BCUT2D eigenvalue weighted by Gasteiger charge is -2.42. The number of hydrogen-bond donors (Lipinski definition) is 1. The second kappa shape index (κ2) is 9.87. The zero-order valence-corrected chi connectivity index (χ0v) is 15.4. The van der Waals surface area contributed by atoms with Gasteiger partial charge in [-0.05, 0) is 24.0 Å². The van der Waals surface area contributed by atoms with Crippen molar-refractivity contribution in [1.82, 2.24) is 4.90 Å². The van der Waals surface area contributed by atoms with E-state index in [2.05, 4.69) is 46.5 Å². The van der Waals surface area contributed by atoms with Crippen LogP contribution in [0.5, 0.6) is 0 Å². The summed E-state index contributed by atoms with van der Waals surface area (Å²) in [6.45, 7) is 12.6. The van der Waals surface area contributed by atoms with Crippen LogP contribution in [0.3, 0.4) is 0 Å². The Morgan fingerprint density at radius 3 is 2.11 bits per heavy atom. The Labute approximate surface area is 133 Å². The van der Waals surface area contributed by atoms with Gasteiger partial charge >= 0.3 is 0 Å². The summed E-state index contributed by atoms with van der Waals surface area (Å²) < 4.78 is 0. The average molecular weight is 299 g/mol. The van der Waals surface area contributed by atoms with Crippen LogP contribution >= 0.6 is 24.8 Å². The minimum atomic E-state index is -0.265. The van der Waals surface area contributed by atoms with Crippen molar-refractivity contribution in [3.8, 4) is 0 Å². The monoisotopic (exact) mass is 299 g/mol. The third kappa shape index (κ3) is 7.41. The molecule has 0 aliphatic rings. The molecular weight excluding hydrogens is 269 g/mol. The van der Waals surface area contributed by atoms with Crippen LogP contribution in [-0.4, -0.2) is 31.0 Å². The van der Waals surface area contributed by atoms with Gasteiger partial charge in [0.1, 0.15) is 0 Å². The van der Waals surface area contributed by atoms with Crippen LogP contribution in [0.4, 0.5) is 0 Å². The molecule has 0 aromatic carbocycles. The zero-order chi connectivity index (χ0) is 15.7. The third-order valence-corrected chi connectivity index (χ3v) is 4.67. The van der Waals surface area contributed by atoms with Gasteiger partial charge in [-0.25, -0.2) is 0 Å². The second-order valence-corrected chi connectivity index (χ2v) is 6.08. The molecule has 1 unspecified atom stereocenters. The molecule has 0 aliphatic heterocycles. The summed E-state index contributed by atoms with van der Waals surface area (Å²) in [5.74, 6) is 0.778. The molecule has 0 fully saturated rings. The van der Waals surface area contributed by atoms with Crippen LogP contribution in [-0.2, 0) is 0 Å². The first-order valence-electron chi connectivity index (χ1n) is 6.96. The van der Waals surface area contributed by atoms with Crippen molar-refractivity contribution >= 4 is 38.2 Å². The van der Waals surface area contributed by atoms with Crippen molar-refractivity contribution in [3.05, 3.63) is 11.8 Å². The van der Waals surface area contributed by atoms with E-state index in [0.29, 0.717) is 0 Å². The van der Waals surface area contributed by atoms with E-state index in [9.17, 15) is 0 Å². The van der Waals surface area contributed by atoms with Gasteiger partial charge < -0.3 is 4.90 Å². The molecule has 0 saturated heterocycles. The largest absolute Gasteiger partial charge is 0.348 e. The molecule has 4 heteroatoms. The first kappa shape index (κ1) is 21.3. The van der Waals surface area contributed by atoms with E-state index in [0.717, 1.165) is 18.6 Å². The zero-order valence-electron chi connectivity index (χ0n) is 13.7. The van der Waals surface area contributed by atoms with Crippen LogP contribution < -0.4 is 0 Å². The Bertz CT molecular complexity index is 286. The third-order valence-electron chi connectivity index (χ3n) is 3.54. The molecule has 1 nitrogen and oxygen atoms in total. The first-order valence-corrected chi connectivity index (χ1v) is 8.07. The molecule has 2 radical (unpaired) electrons. The van der Waals surface area contributed by atoms with Gasteiger partial charge in [0.2, 0.25) is 0 Å². The molecule has 0 heterocycles. The van der Waals surface area contributed by atoms with Crippen molar-refractivity contribution in [2.75, 3.05) is 12.8 Å². The average Bonchev–Trinajstić information content (AvgIpc) is 2.39. The van der Waals surface area contributed by atoms with E-state index >= 15 is 0 Å². The van der Waals surface area contributed by atoms with E-state index in [4.69, 9.17) is 20.1 Å². The molecule has 0 N–H and O–H groups in total. The molecular formula is C15H30BNS2. The summed E-state index contributed by atoms with van der Waals surface area (Å²) in [7, 11) is 8.40. The Hall–Kier alpha value is 0.0449. The van der Waals surface area contributed by atoms with Gasteiger partial charge in [0.25, 0.3) is 0 Å². The maximum Gasteiger partial charge on any atom is 0.0754 e. The van der Waals surface area contributed by atoms with Gasteiger partial charge in [0, 0.05) is 13.2 Å². The SMILES string of the molecule is CC.[B]C(C)(C/C(=C/N(C)C=S)CC)C(C)(C)CS. The fraction of sp³-hybridized carbons (Fsp3) is 0.800. The van der Waals surface area contributed by atoms with Crippen LogP contribution in [0.25, 0.3) is 0 Å². The molecule has 0 amide bonds. The quantitative estimate of drug-likeness (QED) is 0.405. The van der Waals surface area contributed by atoms with Crippen molar-refractivity contribution in [2.45, 2.75) is 59.7 Å². The fourth-order valence-corrected chi connectivity index (χ4v) is 1.89. The maximum absolute atomic E-state index is 6.45. The molecule has 0 saturated carbocycles. The lowest BCUT2D eigenvalue weighted by atomic mass is 9.53. The highest BCUT2D eigenvalue weighted by molar-refractivity contribution is 7.80. The Balaban J connectivity index is 0. The highest BCUT2D eigenvalue weighted by Gasteiger charge is 2.35. The molecule has 0 spiro atoms. The van der Waals surface area contributed by atoms with Crippen molar-refractivity contribution in [3.63, 3.8) is 0 Å². The smallest absolute Gasteiger partial charge is 0.0754 e. The molecule has 0 bridgehead atoms. The lowest BCUT2D eigenvalue weighted by molar-refractivity contribution is 0.286. The van der Waals surface area contributed by atoms with Crippen LogP contribution in [0.15, 0.2) is 11.8 Å². The van der Waals surface area contributed by atoms with Crippen LogP contribution in [0, 0.1) is 5.41 Å². The predicted molar refractivity (Wildman–Crippen MR) is 97.5 cm³/mol. The molecule has 0 aromatic heterocycles. The fourth-order valence-electron chi connectivity index (χ4n) is 1.47. The Morgan fingerprint density at radius 2 is 1.79 bits per heavy atom. The lowest BCUT2D eigenvalue weighted by Crippen LogP contribution is -2.31. The number of nitrogens with zero attached hydrogens (tertiary/aromatic N) is 1. The van der Waals surface area contributed by atoms with Gasteiger partial charge in [-0.15, -0.1) is 0 Å². The highest BCUT2D eigenvalue weighted by atomic mass is 32.1. The maximum atomic E-state index is 6.45. The number of hydrogen-bond acceptors (Lipinski definition) is 2. The van der Waals surface area contributed by atoms with Gasteiger partial charge in [-0.2, -0.15) is 12.6 Å². The second-order valence-electron chi connectivity index (χ2n) is 5.55. The topological polar surface area (TPSA) is 3.24 Å². The number of rotatable bonds is 7. The van der Waals surface area contributed by atoms with Gasteiger partial charge in [-0.3, -0.25) is 0 Å². The summed E-state index contributed by atoms with van der Waals surface area (Å²) in [6.07, 6.45) is 3.93. The van der Waals surface area contributed by atoms with Crippen LogP contribution in [0.2, 0.25) is 5.31 Å². The van der Waals surface area contributed by atoms with Gasteiger partial charge in [0.15, 0.2) is 0 Å². The standard InChI is InChI=1S/C13H24BNS2.C2H6/c1-6-11(8-15(5)10-17)7-13(4,14)12(2,3)9-16;1-2/h8,10,16H,6-7,9H2,1-5H3;1-2H3/b11-8+;. The summed E-state index contributed by atoms with van der Waals surface area (Å²) in [5, 5.41) is -0.265. The minimum absolute atomic E-state index is 0.000617. The van der Waals surface area contributed by atoms with E-state index in [-0.39, 0.29) is 10.7 Å². The Morgan fingerprint density at radius 1 is 1.32 bits per heavy atom. The normalized spacial score (nSPS) is 15.1. The van der Waals surface area contributed by atoms with E-state index in [1.54, 1.807) is 5.49 Å². The molecule has 110 valence electrons. The van der Waals surface area contributed by atoms with E-state index in [1.165, 1.54) is 5.57 Å². The van der Waals surface area contributed by atoms with Crippen molar-refractivity contribution < 1.29 is 0 Å². The molecule has 19 heavy (non-hydrogen) atoms. The predicted octanol–water partition coefficient (Wildman–Crippen LogP) is 4.89. The molecule has 1 atom stereocenters. The number of thiol groups is 1. The number of thiocarbonyl (C=S) groups is 1. The van der Waals surface area contributed by atoms with Gasteiger partial charge in [-0.1, -0.05) is 64.6 Å². The summed E-state index contributed by atoms with van der Waals surface area (Å²) in [6, 6.07) is 0. The van der Waals surface area contributed by atoms with Gasteiger partial charge in [0.05, 0.1) is 13.3 Å². The summed E-state index contributed by atoms with van der Waals surface area (Å²) >= 11 is 9.29. The first-order chi connectivity index (χ1) is 8.70. The molecule has 0 rings (SSSR count). The summed E-state index contributed by atoms with van der Waals surface area (Å²) in [5.41, 5.74) is 2.95. The number of allylic oxidation sites excluding steroid dienone is 1. The van der Waals surface area contributed by atoms with Crippen molar-refractivity contribution in [1.29, 1.82) is 0 Å². The summed E-state index contributed by atoms with van der Waals surface area (Å²) in [4.78, 5) is 1.90. The minimum Gasteiger partial charge on any atom is -0.348 e. The van der Waals surface area contributed by atoms with E-state index in [1.807, 2.05) is 25.8 Å². The molecule has 0 aliphatic carbocycles. The van der Waals surface area contributed by atoms with E-state index < -0.39 is 0 Å². The van der Waals surface area contributed by atoms with Crippen LogP contribution in [0.1, 0.15) is 54.4 Å².